The minimum Gasteiger partial charge on any atom is -0.748 e. The molecule has 2 unspecified atom stereocenters. The molecule has 0 saturated heterocycles. The maximum atomic E-state index is 11.5. The molecule has 28 heavy (non-hydrogen) atoms. The molecule has 0 spiro atoms. The monoisotopic (exact) mass is 444 g/mol. The Labute approximate surface area is 218 Å². The molecule has 0 rings (SSSR count). The zero-order valence-corrected chi connectivity index (χ0v) is 22.9. The summed E-state index contributed by atoms with van der Waals surface area (Å²) in [6, 6.07) is 0. The summed E-state index contributed by atoms with van der Waals surface area (Å²) in [6.45, 7) is 4.37. The van der Waals surface area contributed by atoms with Gasteiger partial charge in [-0.25, -0.2) is 8.42 Å². The van der Waals surface area contributed by atoms with Gasteiger partial charge >= 0.3 is 51.4 Å². The van der Waals surface area contributed by atoms with E-state index in [1.165, 1.54) is 51.4 Å². The second-order valence-corrected chi connectivity index (χ2v) is 9.72. The smallest absolute Gasteiger partial charge is 0.748 e. The summed E-state index contributed by atoms with van der Waals surface area (Å²) in [7, 11) is -4.42. The van der Waals surface area contributed by atoms with Crippen LogP contribution in [-0.2, 0) is 10.1 Å². The van der Waals surface area contributed by atoms with Crippen molar-refractivity contribution in [3.05, 3.63) is 0 Å². The van der Waals surface area contributed by atoms with Gasteiger partial charge in [-0.2, -0.15) is 0 Å². The molecule has 0 heterocycles. The van der Waals surface area contributed by atoms with Crippen molar-refractivity contribution < 1.29 is 69.5 Å². The van der Waals surface area contributed by atoms with Crippen molar-refractivity contribution in [3.63, 3.8) is 0 Å². The fourth-order valence-corrected chi connectivity index (χ4v) is 4.66. The molecule has 0 bridgehead atoms. The molecular weight excluding hydrogens is 399 g/mol. The molecule has 0 aliphatic carbocycles. The Hall–Kier alpha value is 1.51. The van der Waals surface area contributed by atoms with Crippen molar-refractivity contribution in [3.8, 4) is 0 Å². The zero-order valence-electron chi connectivity index (χ0n) is 19.0. The van der Waals surface area contributed by atoms with Gasteiger partial charge in [0.25, 0.3) is 0 Å². The van der Waals surface area contributed by atoms with Crippen LogP contribution in [0.2, 0.25) is 0 Å². The van der Waals surface area contributed by atoms with Gasteiger partial charge in [0.05, 0.1) is 11.4 Å². The van der Waals surface area contributed by atoms with Crippen LogP contribution in [-0.4, -0.2) is 29.4 Å². The van der Waals surface area contributed by atoms with Crippen LogP contribution in [0.3, 0.4) is 0 Å². The summed E-state index contributed by atoms with van der Waals surface area (Å²) in [5.74, 6) is 0. The number of hydrogen-bond donors (Lipinski definition) is 1. The van der Waals surface area contributed by atoms with Crippen molar-refractivity contribution in [1.29, 1.82) is 0 Å². The van der Waals surface area contributed by atoms with Crippen LogP contribution in [0.1, 0.15) is 129 Å². The van der Waals surface area contributed by atoms with Crippen LogP contribution in [0.25, 0.3) is 0 Å². The predicted molar refractivity (Wildman–Crippen MR) is 114 cm³/mol. The Morgan fingerprint density at radius 3 is 1.32 bits per heavy atom. The first-order chi connectivity index (χ1) is 12.9. The molecule has 0 radical (unpaired) electrons. The number of aliphatic hydroxyl groups excluding tert-OH is 1. The predicted octanol–water partition coefficient (Wildman–Crippen LogP) is 3.33. The number of unbranched alkanes of at least 4 members (excludes halogenated alkanes) is 14. The molecule has 0 aliphatic rings. The Morgan fingerprint density at radius 1 is 0.643 bits per heavy atom. The van der Waals surface area contributed by atoms with E-state index in [1.54, 1.807) is 0 Å². The standard InChI is InChI=1S/C22H46O4S.K/c1-3-5-7-9-10-11-12-13-14-16-18-20-22(27(24,25)26)21(23)19-17-15-8-6-4-2;/h21-23H,3-20H2,1-2H3,(H,24,25,26);/q;+1/p-1. The van der Waals surface area contributed by atoms with Crippen LogP contribution in [0.5, 0.6) is 0 Å². The van der Waals surface area contributed by atoms with E-state index >= 15 is 0 Å². The Kier molecular flexibility index (Phi) is 24.6. The number of rotatable bonds is 20. The van der Waals surface area contributed by atoms with Gasteiger partial charge in [-0.1, -0.05) is 117 Å². The largest absolute Gasteiger partial charge is 1.00 e. The minimum absolute atomic E-state index is 0. The van der Waals surface area contributed by atoms with Crippen molar-refractivity contribution in [2.45, 2.75) is 141 Å². The van der Waals surface area contributed by atoms with Crippen molar-refractivity contribution in [2.24, 2.45) is 0 Å². The summed E-state index contributed by atoms with van der Waals surface area (Å²) in [6.07, 6.45) is 18.1. The number of hydrogen-bond acceptors (Lipinski definition) is 4. The van der Waals surface area contributed by atoms with Crippen LogP contribution < -0.4 is 51.4 Å². The molecule has 0 fully saturated rings. The first kappa shape index (κ1) is 31.7. The molecule has 0 aliphatic heterocycles. The molecule has 0 aromatic rings. The molecule has 164 valence electrons. The number of aliphatic hydroxyl groups is 1. The Bertz CT molecular complexity index is 415. The maximum Gasteiger partial charge on any atom is 1.00 e. The average Bonchev–Trinajstić information content (AvgIpc) is 2.61. The molecule has 0 aromatic carbocycles. The fourth-order valence-electron chi connectivity index (χ4n) is 3.68. The molecule has 1 N–H and O–H groups in total. The van der Waals surface area contributed by atoms with Crippen molar-refractivity contribution >= 4 is 10.1 Å². The SMILES string of the molecule is CCCCCCCCCCCCCC(C(O)CCCCCCC)S(=O)(=O)[O-].[K+]. The Balaban J connectivity index is 0. The van der Waals surface area contributed by atoms with E-state index in [0.717, 1.165) is 51.4 Å². The molecule has 4 nitrogen and oxygen atoms in total. The average molecular weight is 445 g/mol. The second-order valence-electron chi connectivity index (χ2n) is 8.13. The van der Waals surface area contributed by atoms with E-state index in [2.05, 4.69) is 13.8 Å². The van der Waals surface area contributed by atoms with Gasteiger partial charge in [-0.05, 0) is 12.8 Å². The van der Waals surface area contributed by atoms with Gasteiger partial charge in [0, 0.05) is 0 Å². The van der Waals surface area contributed by atoms with Gasteiger partial charge in [0.1, 0.15) is 10.1 Å². The van der Waals surface area contributed by atoms with Crippen molar-refractivity contribution in [2.75, 3.05) is 0 Å². The van der Waals surface area contributed by atoms with Crippen LogP contribution in [0.4, 0.5) is 0 Å². The molecule has 0 saturated carbocycles. The van der Waals surface area contributed by atoms with Gasteiger partial charge in [0.2, 0.25) is 0 Å². The van der Waals surface area contributed by atoms with E-state index in [0.29, 0.717) is 12.8 Å². The summed E-state index contributed by atoms with van der Waals surface area (Å²) in [5.41, 5.74) is 0. The third-order valence-electron chi connectivity index (χ3n) is 5.50. The fraction of sp³-hybridized carbons (Fsp3) is 1.00. The third-order valence-corrected chi connectivity index (χ3v) is 6.79. The van der Waals surface area contributed by atoms with Crippen molar-refractivity contribution in [1.82, 2.24) is 0 Å². The normalized spacial score (nSPS) is 13.9. The molecule has 6 heteroatoms. The van der Waals surface area contributed by atoms with E-state index in [1.807, 2.05) is 0 Å². The van der Waals surface area contributed by atoms with Gasteiger partial charge in [0.15, 0.2) is 0 Å². The van der Waals surface area contributed by atoms with E-state index in [4.69, 9.17) is 0 Å². The van der Waals surface area contributed by atoms with E-state index < -0.39 is 21.5 Å². The van der Waals surface area contributed by atoms with Gasteiger partial charge in [-0.3, -0.25) is 0 Å². The summed E-state index contributed by atoms with van der Waals surface area (Å²) >= 11 is 0. The summed E-state index contributed by atoms with van der Waals surface area (Å²) < 4.78 is 34.5. The molecule has 0 aromatic heterocycles. The minimum atomic E-state index is -4.42. The molecule has 2 atom stereocenters. The van der Waals surface area contributed by atoms with E-state index in [9.17, 15) is 18.1 Å². The third kappa shape index (κ3) is 19.5. The first-order valence-corrected chi connectivity index (χ1v) is 13.0. The first-order valence-electron chi connectivity index (χ1n) is 11.6. The van der Waals surface area contributed by atoms with Crippen LogP contribution >= 0.6 is 0 Å². The summed E-state index contributed by atoms with van der Waals surface area (Å²) in [5, 5.41) is 9.06. The van der Waals surface area contributed by atoms with Crippen LogP contribution in [0.15, 0.2) is 0 Å². The second kappa shape index (κ2) is 21.7. The summed E-state index contributed by atoms with van der Waals surface area (Å²) in [4.78, 5) is 0. The quantitative estimate of drug-likeness (QED) is 0.177. The van der Waals surface area contributed by atoms with Gasteiger partial charge < -0.3 is 9.66 Å². The maximum absolute atomic E-state index is 11.5. The van der Waals surface area contributed by atoms with Gasteiger partial charge in [-0.15, -0.1) is 0 Å². The topological polar surface area (TPSA) is 77.4 Å². The van der Waals surface area contributed by atoms with Crippen LogP contribution in [0, 0.1) is 0 Å². The zero-order chi connectivity index (χ0) is 20.4. The molecular formula is C22H45KO4S. The molecule has 0 amide bonds. The Morgan fingerprint density at radius 2 is 0.964 bits per heavy atom. The van der Waals surface area contributed by atoms with E-state index in [-0.39, 0.29) is 51.4 Å².